The minimum atomic E-state index is -1.66. The Bertz CT molecular complexity index is 372. The number of esters is 1. The van der Waals surface area contributed by atoms with Crippen molar-refractivity contribution in [1.29, 1.82) is 0 Å². The Morgan fingerprint density at radius 3 is 2.42 bits per heavy atom. The molecule has 4 heteroatoms. The van der Waals surface area contributed by atoms with Crippen LogP contribution in [0.25, 0.3) is 0 Å². The largest absolute Gasteiger partial charge is 0.466 e. The van der Waals surface area contributed by atoms with E-state index in [-0.39, 0.29) is 22.9 Å². The molecule has 0 bridgehead atoms. The lowest BCUT2D eigenvalue weighted by Gasteiger charge is -2.37. The molecule has 110 valence electrons. The highest BCUT2D eigenvalue weighted by atomic mass is 28.4. The van der Waals surface area contributed by atoms with Gasteiger partial charge in [0.05, 0.1) is 18.1 Å². The molecule has 3 nitrogen and oxygen atoms in total. The number of fused-ring (bicyclic) bond motifs is 1. The van der Waals surface area contributed by atoms with Crippen LogP contribution in [-0.2, 0) is 14.0 Å². The smallest absolute Gasteiger partial charge is 0.312 e. The van der Waals surface area contributed by atoms with Crippen LogP contribution in [0, 0.1) is 17.3 Å². The number of ether oxygens (including phenoxy) is 1. The summed E-state index contributed by atoms with van der Waals surface area (Å²) in [4.78, 5) is 12.3. The number of hydrogen-bond donors (Lipinski definition) is 0. The summed E-state index contributed by atoms with van der Waals surface area (Å²) in [6, 6.07) is 0. The highest BCUT2D eigenvalue weighted by molar-refractivity contribution is 6.69. The second kappa shape index (κ2) is 4.59. The Labute approximate surface area is 118 Å². The molecule has 0 aromatic carbocycles. The predicted octanol–water partition coefficient (Wildman–Crippen LogP) is 3.60. The first-order chi connectivity index (χ1) is 8.64. The molecule has 0 amide bonds. The van der Waals surface area contributed by atoms with E-state index in [9.17, 15) is 4.79 Å². The molecule has 0 spiro atoms. The van der Waals surface area contributed by atoms with Crippen molar-refractivity contribution in [2.24, 2.45) is 17.3 Å². The zero-order valence-corrected chi connectivity index (χ0v) is 14.2. The summed E-state index contributed by atoms with van der Waals surface area (Å²) >= 11 is 0. The maximum absolute atomic E-state index is 12.3. The van der Waals surface area contributed by atoms with Crippen molar-refractivity contribution in [2.45, 2.75) is 65.3 Å². The van der Waals surface area contributed by atoms with E-state index in [1.54, 1.807) is 0 Å². The Hall–Kier alpha value is -0.353. The maximum Gasteiger partial charge on any atom is 0.312 e. The van der Waals surface area contributed by atoms with Gasteiger partial charge in [-0.15, -0.1) is 0 Å². The van der Waals surface area contributed by atoms with E-state index in [4.69, 9.17) is 9.16 Å². The number of hydrogen-bond acceptors (Lipinski definition) is 3. The van der Waals surface area contributed by atoms with Crippen molar-refractivity contribution in [3.05, 3.63) is 0 Å². The van der Waals surface area contributed by atoms with Gasteiger partial charge in [-0.05, 0) is 44.8 Å². The van der Waals surface area contributed by atoms with Crippen molar-refractivity contribution >= 4 is 14.3 Å². The van der Waals surface area contributed by atoms with Gasteiger partial charge in [0.25, 0.3) is 0 Å². The van der Waals surface area contributed by atoms with Gasteiger partial charge in [0.1, 0.15) is 0 Å². The second-order valence-electron chi connectivity index (χ2n) is 7.72. The van der Waals surface area contributed by atoms with Crippen LogP contribution in [0.1, 0.15) is 40.0 Å². The molecule has 0 heterocycles. The standard InChI is InChI=1S/C15H28O3Si/c1-7-17-13(16)11-12-14(2,3)9-8-10-15(11,12)18-19(4,5)6/h11-12H,7-10H2,1-6H3. The molecule has 0 aromatic rings. The van der Waals surface area contributed by atoms with Crippen LogP contribution in [0.3, 0.4) is 0 Å². The van der Waals surface area contributed by atoms with E-state index in [2.05, 4.69) is 33.5 Å². The third-order valence-corrected chi connectivity index (χ3v) is 5.54. The van der Waals surface area contributed by atoms with Gasteiger partial charge in [-0.2, -0.15) is 0 Å². The molecular weight excluding hydrogens is 256 g/mol. The number of carbonyl (C=O) groups excluding carboxylic acids is 1. The predicted molar refractivity (Wildman–Crippen MR) is 78.4 cm³/mol. The van der Waals surface area contributed by atoms with Gasteiger partial charge in [-0.1, -0.05) is 20.3 Å². The molecule has 3 atom stereocenters. The summed E-state index contributed by atoms with van der Waals surface area (Å²) in [6.07, 6.45) is 3.36. The van der Waals surface area contributed by atoms with Crippen molar-refractivity contribution in [2.75, 3.05) is 6.61 Å². The second-order valence-corrected chi connectivity index (χ2v) is 12.1. The first-order valence-corrected chi connectivity index (χ1v) is 10.9. The third kappa shape index (κ3) is 2.61. The normalized spacial score (nSPS) is 36.5. The van der Waals surface area contributed by atoms with Crippen LogP contribution in [0.15, 0.2) is 0 Å². The molecule has 0 saturated heterocycles. The summed E-state index contributed by atoms with van der Waals surface area (Å²) in [7, 11) is -1.66. The van der Waals surface area contributed by atoms with E-state index >= 15 is 0 Å². The van der Waals surface area contributed by atoms with E-state index in [0.717, 1.165) is 12.8 Å². The topological polar surface area (TPSA) is 35.5 Å². The van der Waals surface area contributed by atoms with Crippen molar-refractivity contribution in [1.82, 2.24) is 0 Å². The molecule has 2 rings (SSSR count). The summed E-state index contributed by atoms with van der Waals surface area (Å²) in [5.74, 6) is 0.275. The Morgan fingerprint density at radius 2 is 1.89 bits per heavy atom. The SMILES string of the molecule is CCOC(=O)C1C2C(C)(C)CCCC12O[Si](C)(C)C. The highest BCUT2D eigenvalue weighted by Gasteiger charge is 2.75. The van der Waals surface area contributed by atoms with E-state index < -0.39 is 8.32 Å². The maximum atomic E-state index is 12.3. The van der Waals surface area contributed by atoms with Gasteiger partial charge >= 0.3 is 5.97 Å². The first kappa shape index (κ1) is 15.0. The molecular formula is C15H28O3Si. The Balaban J connectivity index is 2.25. The van der Waals surface area contributed by atoms with Crippen LogP contribution in [0.2, 0.25) is 19.6 Å². The van der Waals surface area contributed by atoms with E-state index in [1.807, 2.05) is 6.92 Å². The molecule has 2 aliphatic carbocycles. The van der Waals surface area contributed by atoms with Gasteiger partial charge in [-0.25, -0.2) is 0 Å². The average Bonchev–Trinajstić information content (AvgIpc) is 2.85. The first-order valence-electron chi connectivity index (χ1n) is 7.51. The van der Waals surface area contributed by atoms with Crippen molar-refractivity contribution < 1.29 is 14.0 Å². The average molecular weight is 284 g/mol. The summed E-state index contributed by atoms with van der Waals surface area (Å²) in [5.41, 5.74) is -0.0200. The number of carbonyl (C=O) groups is 1. The van der Waals surface area contributed by atoms with Crippen LogP contribution in [-0.4, -0.2) is 26.5 Å². The fourth-order valence-electron chi connectivity index (χ4n) is 4.13. The number of rotatable bonds is 4. The van der Waals surface area contributed by atoms with Gasteiger partial charge in [0.15, 0.2) is 8.32 Å². The third-order valence-electron chi connectivity index (χ3n) is 4.54. The molecule has 0 aliphatic heterocycles. The van der Waals surface area contributed by atoms with E-state index in [1.165, 1.54) is 6.42 Å². The quantitative estimate of drug-likeness (QED) is 0.584. The minimum Gasteiger partial charge on any atom is -0.466 e. The van der Waals surface area contributed by atoms with Gasteiger partial charge in [0, 0.05) is 5.92 Å². The van der Waals surface area contributed by atoms with Crippen LogP contribution < -0.4 is 0 Å². The minimum absolute atomic E-state index is 0.0309. The molecule has 2 aliphatic rings. The molecule has 19 heavy (non-hydrogen) atoms. The molecule has 2 fully saturated rings. The van der Waals surface area contributed by atoms with Crippen molar-refractivity contribution in [3.8, 4) is 0 Å². The molecule has 0 N–H and O–H groups in total. The monoisotopic (exact) mass is 284 g/mol. The molecule has 3 unspecified atom stereocenters. The zero-order valence-electron chi connectivity index (χ0n) is 13.2. The van der Waals surface area contributed by atoms with Crippen LogP contribution in [0.5, 0.6) is 0 Å². The fourth-order valence-corrected chi connectivity index (χ4v) is 5.63. The van der Waals surface area contributed by atoms with Gasteiger partial charge in [0.2, 0.25) is 0 Å². The molecule has 0 aromatic heterocycles. The van der Waals surface area contributed by atoms with E-state index in [0.29, 0.717) is 12.5 Å². The van der Waals surface area contributed by atoms with Gasteiger partial charge in [-0.3, -0.25) is 4.79 Å². The highest BCUT2D eigenvalue weighted by Crippen LogP contribution is 2.69. The Morgan fingerprint density at radius 1 is 1.26 bits per heavy atom. The summed E-state index contributed by atoms with van der Waals surface area (Å²) in [5, 5.41) is 0. The lowest BCUT2D eigenvalue weighted by molar-refractivity contribution is -0.146. The Kier molecular flexibility index (Phi) is 3.63. The lowest BCUT2D eigenvalue weighted by atomic mass is 9.76. The van der Waals surface area contributed by atoms with Crippen molar-refractivity contribution in [3.63, 3.8) is 0 Å². The van der Waals surface area contributed by atoms with Gasteiger partial charge < -0.3 is 9.16 Å². The zero-order chi connectivity index (χ0) is 14.5. The fraction of sp³-hybridized carbons (Fsp3) is 0.933. The molecule has 2 saturated carbocycles. The lowest BCUT2D eigenvalue weighted by Crippen LogP contribution is -2.40. The molecule has 0 radical (unpaired) electrons. The summed E-state index contributed by atoms with van der Waals surface area (Å²) in [6.45, 7) is 13.5. The van der Waals surface area contributed by atoms with Crippen LogP contribution in [0.4, 0.5) is 0 Å². The van der Waals surface area contributed by atoms with Crippen LogP contribution >= 0.6 is 0 Å². The summed E-state index contributed by atoms with van der Waals surface area (Å²) < 4.78 is 11.8.